The summed E-state index contributed by atoms with van der Waals surface area (Å²) >= 11 is 0. The maximum atomic E-state index is 12.4. The van der Waals surface area contributed by atoms with Gasteiger partial charge in [-0.2, -0.15) is 0 Å². The lowest BCUT2D eigenvalue weighted by atomic mass is 9.90. The molecule has 7 heteroatoms. The zero-order valence-corrected chi connectivity index (χ0v) is 14.4. The number of nitrogens with two attached hydrogens (primary N) is 1. The van der Waals surface area contributed by atoms with Crippen molar-refractivity contribution in [3.8, 4) is 0 Å². The molecule has 2 amide bonds. The second kappa shape index (κ2) is 7.81. The summed E-state index contributed by atoms with van der Waals surface area (Å²) in [7, 11) is 0. The van der Waals surface area contributed by atoms with Crippen LogP contribution >= 0.6 is 12.4 Å². The SMILES string of the molecule is Cl.NC1(C(=O)NC2CC(=O)N(C3CCCCC3)C2)CCOCC1. The van der Waals surface area contributed by atoms with E-state index in [1.54, 1.807) is 0 Å². The molecule has 0 aromatic heterocycles. The van der Waals surface area contributed by atoms with Crippen molar-refractivity contribution < 1.29 is 14.3 Å². The van der Waals surface area contributed by atoms with Crippen molar-refractivity contribution in [2.75, 3.05) is 19.8 Å². The maximum absolute atomic E-state index is 12.4. The Labute approximate surface area is 143 Å². The Kier molecular flexibility index (Phi) is 6.28. The van der Waals surface area contributed by atoms with Crippen LogP contribution in [0.1, 0.15) is 51.4 Å². The number of hydrogen-bond acceptors (Lipinski definition) is 4. The summed E-state index contributed by atoms with van der Waals surface area (Å²) in [6, 6.07) is 0.281. The number of halogens is 1. The third kappa shape index (κ3) is 4.17. The zero-order chi connectivity index (χ0) is 15.6. The Balaban J connectivity index is 0.00000192. The summed E-state index contributed by atoms with van der Waals surface area (Å²) in [5, 5.41) is 3.01. The molecular weight excluding hydrogens is 318 g/mol. The van der Waals surface area contributed by atoms with Gasteiger partial charge in [-0.3, -0.25) is 9.59 Å². The largest absolute Gasteiger partial charge is 0.381 e. The van der Waals surface area contributed by atoms with Crippen LogP contribution < -0.4 is 11.1 Å². The Morgan fingerprint density at radius 3 is 2.52 bits per heavy atom. The van der Waals surface area contributed by atoms with E-state index >= 15 is 0 Å². The topological polar surface area (TPSA) is 84.7 Å². The van der Waals surface area contributed by atoms with Crippen molar-refractivity contribution in [2.45, 2.75) is 69.0 Å². The highest BCUT2D eigenvalue weighted by atomic mass is 35.5. The van der Waals surface area contributed by atoms with E-state index in [2.05, 4.69) is 5.32 Å². The predicted molar refractivity (Wildman–Crippen MR) is 89.4 cm³/mol. The highest BCUT2D eigenvalue weighted by Gasteiger charge is 2.40. The lowest BCUT2D eigenvalue weighted by Crippen LogP contribution is -2.59. The van der Waals surface area contributed by atoms with Crippen LogP contribution in [0.3, 0.4) is 0 Å². The minimum absolute atomic E-state index is 0. The van der Waals surface area contributed by atoms with E-state index < -0.39 is 5.54 Å². The molecule has 23 heavy (non-hydrogen) atoms. The molecule has 1 atom stereocenters. The van der Waals surface area contributed by atoms with Gasteiger partial charge in [0, 0.05) is 32.2 Å². The molecule has 0 aromatic carbocycles. The van der Waals surface area contributed by atoms with Gasteiger partial charge in [0.1, 0.15) is 0 Å². The first-order chi connectivity index (χ1) is 10.6. The van der Waals surface area contributed by atoms with E-state index in [0.29, 0.717) is 45.1 Å². The molecule has 3 N–H and O–H groups in total. The first-order valence-electron chi connectivity index (χ1n) is 8.55. The number of nitrogens with zero attached hydrogens (tertiary/aromatic N) is 1. The lowest BCUT2D eigenvalue weighted by Gasteiger charge is -2.33. The first kappa shape index (κ1) is 18.5. The number of ether oxygens (including phenoxy) is 1. The summed E-state index contributed by atoms with van der Waals surface area (Å²) in [6.07, 6.45) is 7.40. The number of rotatable bonds is 3. The molecule has 1 unspecified atom stereocenters. The molecule has 0 spiro atoms. The second-order valence-electron chi connectivity index (χ2n) is 6.98. The predicted octanol–water partition coefficient (Wildman–Crippen LogP) is 0.966. The second-order valence-corrected chi connectivity index (χ2v) is 6.98. The Bertz CT molecular complexity index is 434. The average Bonchev–Trinajstić information content (AvgIpc) is 2.89. The molecule has 3 rings (SSSR count). The van der Waals surface area contributed by atoms with Crippen molar-refractivity contribution in [2.24, 2.45) is 5.73 Å². The van der Waals surface area contributed by atoms with E-state index in [1.807, 2.05) is 4.90 Å². The van der Waals surface area contributed by atoms with Crippen molar-refractivity contribution in [3.63, 3.8) is 0 Å². The molecule has 2 aliphatic heterocycles. The van der Waals surface area contributed by atoms with Crippen LogP contribution in [0.5, 0.6) is 0 Å². The van der Waals surface area contributed by atoms with Gasteiger partial charge in [-0.05, 0) is 25.7 Å². The minimum atomic E-state index is -0.834. The molecule has 2 saturated heterocycles. The van der Waals surface area contributed by atoms with Gasteiger partial charge in [0.05, 0.1) is 11.6 Å². The maximum Gasteiger partial charge on any atom is 0.240 e. The van der Waals surface area contributed by atoms with Crippen LogP contribution in [0.4, 0.5) is 0 Å². The quantitative estimate of drug-likeness (QED) is 0.798. The van der Waals surface area contributed by atoms with Gasteiger partial charge in [-0.25, -0.2) is 0 Å². The van der Waals surface area contributed by atoms with Crippen LogP contribution in [0, 0.1) is 0 Å². The number of likely N-dealkylation sites (tertiary alicyclic amines) is 1. The fraction of sp³-hybridized carbons (Fsp3) is 0.875. The van der Waals surface area contributed by atoms with E-state index in [-0.39, 0.29) is 30.3 Å². The van der Waals surface area contributed by atoms with Crippen molar-refractivity contribution >= 4 is 24.2 Å². The van der Waals surface area contributed by atoms with Crippen LogP contribution in [-0.4, -0.2) is 54.1 Å². The molecule has 132 valence electrons. The van der Waals surface area contributed by atoms with Crippen LogP contribution in [0.25, 0.3) is 0 Å². The monoisotopic (exact) mass is 345 g/mol. The summed E-state index contributed by atoms with van der Waals surface area (Å²) in [5.41, 5.74) is 5.37. The molecular formula is C16H28ClN3O3. The first-order valence-corrected chi connectivity index (χ1v) is 8.55. The fourth-order valence-electron chi connectivity index (χ4n) is 3.87. The Morgan fingerprint density at radius 2 is 1.87 bits per heavy atom. The molecule has 1 aliphatic carbocycles. The molecule has 0 aromatic rings. The molecule has 3 fully saturated rings. The number of amides is 2. The Hall–Kier alpha value is -0.850. The van der Waals surface area contributed by atoms with Gasteiger partial charge in [-0.1, -0.05) is 19.3 Å². The summed E-state index contributed by atoms with van der Waals surface area (Å²) in [5.74, 6) is 0.0503. The number of nitrogens with one attached hydrogen (secondary N) is 1. The van der Waals surface area contributed by atoms with E-state index in [4.69, 9.17) is 10.5 Å². The molecule has 1 saturated carbocycles. The molecule has 2 heterocycles. The van der Waals surface area contributed by atoms with Gasteiger partial charge in [0.2, 0.25) is 11.8 Å². The average molecular weight is 346 g/mol. The van der Waals surface area contributed by atoms with Gasteiger partial charge < -0.3 is 20.7 Å². The highest BCUT2D eigenvalue weighted by Crippen LogP contribution is 2.27. The van der Waals surface area contributed by atoms with Crippen molar-refractivity contribution in [3.05, 3.63) is 0 Å². The summed E-state index contributed by atoms with van der Waals surface area (Å²) in [6.45, 7) is 1.70. The van der Waals surface area contributed by atoms with Gasteiger partial charge >= 0.3 is 0 Å². The lowest BCUT2D eigenvalue weighted by molar-refractivity contribution is -0.130. The fourth-order valence-corrected chi connectivity index (χ4v) is 3.87. The van der Waals surface area contributed by atoms with Gasteiger partial charge in [0.15, 0.2) is 0 Å². The molecule has 0 bridgehead atoms. The van der Waals surface area contributed by atoms with E-state index in [0.717, 1.165) is 12.8 Å². The number of hydrogen-bond donors (Lipinski definition) is 2. The number of carbonyl (C=O) groups is 2. The third-order valence-corrected chi connectivity index (χ3v) is 5.35. The van der Waals surface area contributed by atoms with Gasteiger partial charge in [0.25, 0.3) is 0 Å². The highest BCUT2D eigenvalue weighted by molar-refractivity contribution is 5.88. The van der Waals surface area contributed by atoms with Gasteiger partial charge in [-0.15, -0.1) is 12.4 Å². The third-order valence-electron chi connectivity index (χ3n) is 5.35. The summed E-state index contributed by atoms with van der Waals surface area (Å²) < 4.78 is 5.28. The molecule has 0 radical (unpaired) electrons. The van der Waals surface area contributed by atoms with Crippen LogP contribution in [0.15, 0.2) is 0 Å². The zero-order valence-electron chi connectivity index (χ0n) is 13.6. The molecule has 3 aliphatic rings. The van der Waals surface area contributed by atoms with Crippen LogP contribution in [0.2, 0.25) is 0 Å². The van der Waals surface area contributed by atoms with Crippen molar-refractivity contribution in [1.29, 1.82) is 0 Å². The summed E-state index contributed by atoms with van der Waals surface area (Å²) in [4.78, 5) is 26.7. The number of carbonyl (C=O) groups excluding carboxylic acids is 2. The minimum Gasteiger partial charge on any atom is -0.381 e. The smallest absolute Gasteiger partial charge is 0.240 e. The van der Waals surface area contributed by atoms with E-state index in [9.17, 15) is 9.59 Å². The Morgan fingerprint density at radius 1 is 1.22 bits per heavy atom. The van der Waals surface area contributed by atoms with Crippen LogP contribution in [-0.2, 0) is 14.3 Å². The van der Waals surface area contributed by atoms with Crippen molar-refractivity contribution in [1.82, 2.24) is 10.2 Å². The normalized spacial score (nSPS) is 28.3. The van der Waals surface area contributed by atoms with E-state index in [1.165, 1.54) is 19.3 Å². The molecule has 6 nitrogen and oxygen atoms in total. The standard InChI is InChI=1S/C16H27N3O3.ClH/c17-16(6-8-22-9-7-16)15(21)18-12-10-14(20)19(11-12)13-4-2-1-3-5-13;/h12-13H,1-11,17H2,(H,18,21);1H.